The number of hydrogen-bond donors (Lipinski definition) is 3. The molecule has 3 aromatic rings. The molecule has 8 nitrogen and oxygen atoms in total. The van der Waals surface area contributed by atoms with E-state index in [2.05, 4.69) is 15.7 Å². The molecule has 4 amide bonds. The van der Waals surface area contributed by atoms with E-state index in [9.17, 15) is 40.7 Å². The number of carbonyl (C=O) groups excluding carboxylic acids is 3. The highest BCUT2D eigenvalue weighted by atomic mass is 19.4. The molecule has 1 atom stereocenters. The number of benzene rings is 2. The molecule has 0 saturated carbocycles. The van der Waals surface area contributed by atoms with E-state index in [1.807, 2.05) is 5.32 Å². The van der Waals surface area contributed by atoms with Gasteiger partial charge in [0.2, 0.25) is 0 Å². The van der Waals surface area contributed by atoms with Crippen molar-refractivity contribution in [2.75, 3.05) is 6.54 Å². The molecule has 1 aliphatic heterocycles. The summed E-state index contributed by atoms with van der Waals surface area (Å²) in [5, 5.41) is 9.93. The molecular formula is C22H15F6N5O3. The van der Waals surface area contributed by atoms with Crippen molar-refractivity contribution in [2.45, 2.75) is 18.3 Å². The summed E-state index contributed by atoms with van der Waals surface area (Å²) >= 11 is 0. The first-order valence-corrected chi connectivity index (χ1v) is 10.1. The Kier molecular flexibility index (Phi) is 6.20. The average molecular weight is 511 g/mol. The number of nitrogens with zero attached hydrogens (tertiary/aromatic N) is 2. The summed E-state index contributed by atoms with van der Waals surface area (Å²) in [5.74, 6) is -2.72. The molecule has 0 radical (unpaired) electrons. The van der Waals surface area contributed by atoms with Crippen LogP contribution in [0.4, 0.5) is 31.1 Å². The Morgan fingerprint density at radius 2 is 1.78 bits per heavy atom. The van der Waals surface area contributed by atoms with Crippen LogP contribution in [0, 0.1) is 5.82 Å². The molecule has 0 aliphatic carbocycles. The number of alkyl halides is 5. The molecule has 0 spiro atoms. The molecule has 2 aromatic carbocycles. The minimum atomic E-state index is -4.61. The largest absolute Gasteiger partial charge is 0.416 e. The van der Waals surface area contributed by atoms with Gasteiger partial charge in [-0.25, -0.2) is 13.9 Å². The van der Waals surface area contributed by atoms with Crippen LogP contribution in [-0.4, -0.2) is 34.2 Å². The normalized spacial score (nSPS) is 17.8. The van der Waals surface area contributed by atoms with Crippen LogP contribution < -0.4 is 16.0 Å². The standard InChI is InChI=1S/C22H15F6N5O3/c23-13-5-6-14(15(9-13)11-1-3-12(4-2-11)22(26,27)28)17(34)29-10-21(18(35)31-20(36)32-21)16-7-8-30-33(16)19(24)25/h1-9,19H,10H2,(H,29,34)(H2,31,32,35,36)/t21-/m1/s1. The van der Waals surface area contributed by atoms with E-state index in [4.69, 9.17) is 0 Å². The Morgan fingerprint density at radius 1 is 1.08 bits per heavy atom. The summed E-state index contributed by atoms with van der Waals surface area (Å²) in [7, 11) is 0. The number of amides is 4. The third kappa shape index (κ3) is 4.48. The van der Waals surface area contributed by atoms with Crippen LogP contribution in [0.1, 0.15) is 28.2 Å². The second kappa shape index (κ2) is 9.02. The Bertz CT molecular complexity index is 1340. The summed E-state index contributed by atoms with van der Waals surface area (Å²) in [5.41, 5.74) is -3.66. The fourth-order valence-corrected chi connectivity index (χ4v) is 3.79. The van der Waals surface area contributed by atoms with Gasteiger partial charge in [-0.3, -0.25) is 14.9 Å². The number of aromatic nitrogens is 2. The maximum atomic E-state index is 14.0. The van der Waals surface area contributed by atoms with E-state index >= 15 is 0 Å². The van der Waals surface area contributed by atoms with Crippen molar-refractivity contribution in [3.8, 4) is 11.1 Å². The van der Waals surface area contributed by atoms with E-state index in [-0.39, 0.29) is 21.4 Å². The first-order chi connectivity index (χ1) is 16.9. The van der Waals surface area contributed by atoms with Gasteiger partial charge in [0, 0.05) is 11.8 Å². The third-order valence-corrected chi connectivity index (χ3v) is 5.50. The number of urea groups is 1. The highest BCUT2D eigenvalue weighted by Gasteiger charge is 2.51. The molecule has 36 heavy (non-hydrogen) atoms. The second-order valence-corrected chi connectivity index (χ2v) is 7.70. The van der Waals surface area contributed by atoms with Crippen LogP contribution in [0.2, 0.25) is 0 Å². The van der Waals surface area contributed by atoms with Crippen molar-refractivity contribution >= 4 is 17.8 Å². The molecule has 188 valence electrons. The van der Waals surface area contributed by atoms with Gasteiger partial charge in [-0.15, -0.1) is 0 Å². The molecule has 2 heterocycles. The second-order valence-electron chi connectivity index (χ2n) is 7.70. The summed E-state index contributed by atoms with van der Waals surface area (Å²) in [6.45, 7) is -3.87. The average Bonchev–Trinajstić information content (AvgIpc) is 3.42. The zero-order chi connectivity index (χ0) is 26.3. The molecule has 0 bridgehead atoms. The van der Waals surface area contributed by atoms with Gasteiger partial charge in [-0.2, -0.15) is 27.1 Å². The van der Waals surface area contributed by atoms with Crippen LogP contribution >= 0.6 is 0 Å². The molecule has 3 N–H and O–H groups in total. The highest BCUT2D eigenvalue weighted by molar-refractivity contribution is 6.08. The molecule has 4 rings (SSSR count). The van der Waals surface area contributed by atoms with Gasteiger partial charge in [-0.1, -0.05) is 12.1 Å². The topological polar surface area (TPSA) is 105 Å². The van der Waals surface area contributed by atoms with Gasteiger partial charge in [0.25, 0.3) is 11.8 Å². The van der Waals surface area contributed by atoms with Crippen molar-refractivity contribution in [1.29, 1.82) is 0 Å². The lowest BCUT2D eigenvalue weighted by Gasteiger charge is -2.27. The van der Waals surface area contributed by atoms with Crippen LogP contribution in [0.5, 0.6) is 0 Å². The lowest BCUT2D eigenvalue weighted by atomic mass is 9.94. The van der Waals surface area contributed by atoms with Gasteiger partial charge in [0.15, 0.2) is 5.54 Å². The fourth-order valence-electron chi connectivity index (χ4n) is 3.79. The summed E-state index contributed by atoms with van der Waals surface area (Å²) < 4.78 is 79.7. The zero-order valence-electron chi connectivity index (χ0n) is 17.9. The molecule has 1 fully saturated rings. The molecule has 0 unspecified atom stereocenters. The van der Waals surface area contributed by atoms with Gasteiger partial charge in [0.05, 0.1) is 17.8 Å². The minimum Gasteiger partial charge on any atom is -0.349 e. The monoisotopic (exact) mass is 511 g/mol. The van der Waals surface area contributed by atoms with Crippen LogP contribution in [0.25, 0.3) is 11.1 Å². The quantitative estimate of drug-likeness (QED) is 0.348. The Hall–Kier alpha value is -4.36. The predicted molar refractivity (Wildman–Crippen MR) is 111 cm³/mol. The maximum absolute atomic E-state index is 14.0. The smallest absolute Gasteiger partial charge is 0.349 e. The fraction of sp³-hybridized carbons (Fsp3) is 0.182. The van der Waals surface area contributed by atoms with Crippen molar-refractivity contribution in [3.63, 3.8) is 0 Å². The highest BCUT2D eigenvalue weighted by Crippen LogP contribution is 2.33. The Balaban J connectivity index is 1.66. The van der Waals surface area contributed by atoms with Crippen LogP contribution in [0.15, 0.2) is 54.7 Å². The molecule has 1 aromatic heterocycles. The van der Waals surface area contributed by atoms with E-state index in [0.717, 1.165) is 54.7 Å². The minimum absolute atomic E-state index is 0.0622. The van der Waals surface area contributed by atoms with Gasteiger partial charge in [-0.05, 0) is 47.5 Å². The van der Waals surface area contributed by atoms with Crippen LogP contribution in [-0.2, 0) is 16.5 Å². The van der Waals surface area contributed by atoms with Crippen molar-refractivity contribution < 1.29 is 40.7 Å². The Morgan fingerprint density at radius 3 is 2.36 bits per heavy atom. The molecule has 14 heteroatoms. The third-order valence-electron chi connectivity index (χ3n) is 5.50. The van der Waals surface area contributed by atoms with E-state index in [0.29, 0.717) is 0 Å². The van der Waals surface area contributed by atoms with E-state index in [1.165, 1.54) is 0 Å². The van der Waals surface area contributed by atoms with Gasteiger partial charge >= 0.3 is 18.8 Å². The number of halogens is 6. The number of hydrogen-bond acceptors (Lipinski definition) is 4. The van der Waals surface area contributed by atoms with E-state index < -0.39 is 59.7 Å². The lowest BCUT2D eigenvalue weighted by molar-refractivity contribution is -0.137. The molecule has 1 saturated heterocycles. The summed E-state index contributed by atoms with van der Waals surface area (Å²) in [6.07, 6.45) is -3.63. The number of carbonyl (C=O) groups is 3. The summed E-state index contributed by atoms with van der Waals surface area (Å²) in [6, 6.07) is 6.65. The first kappa shape index (κ1) is 24.8. The number of rotatable bonds is 6. The SMILES string of the molecule is O=C1NC(=O)[C@@](CNC(=O)c2ccc(F)cc2-c2ccc(C(F)(F)F)cc2)(c2ccnn2C(F)F)N1. The lowest BCUT2D eigenvalue weighted by Crippen LogP contribution is -2.53. The van der Waals surface area contributed by atoms with Crippen molar-refractivity contribution in [1.82, 2.24) is 25.7 Å². The van der Waals surface area contributed by atoms with Crippen LogP contribution in [0.3, 0.4) is 0 Å². The number of imide groups is 1. The van der Waals surface area contributed by atoms with Crippen molar-refractivity contribution in [3.05, 3.63) is 77.4 Å². The van der Waals surface area contributed by atoms with E-state index in [1.54, 1.807) is 0 Å². The zero-order valence-corrected chi connectivity index (χ0v) is 17.9. The van der Waals surface area contributed by atoms with Gasteiger partial charge in [0.1, 0.15) is 5.82 Å². The van der Waals surface area contributed by atoms with Gasteiger partial charge < -0.3 is 10.6 Å². The number of nitrogens with one attached hydrogen (secondary N) is 3. The summed E-state index contributed by atoms with van der Waals surface area (Å²) in [4.78, 5) is 37.5. The first-order valence-electron chi connectivity index (χ1n) is 10.1. The molecule has 1 aliphatic rings. The predicted octanol–water partition coefficient (Wildman–Crippen LogP) is 3.57. The Labute approximate surface area is 198 Å². The maximum Gasteiger partial charge on any atom is 0.416 e. The molecular weight excluding hydrogens is 496 g/mol. The van der Waals surface area contributed by atoms with Crippen molar-refractivity contribution in [2.24, 2.45) is 0 Å².